The van der Waals surface area contributed by atoms with Crippen molar-refractivity contribution in [3.8, 4) is 11.6 Å². The van der Waals surface area contributed by atoms with Crippen LogP contribution in [0.2, 0.25) is 5.28 Å². The first kappa shape index (κ1) is 17.5. The molecule has 0 bridgehead atoms. The van der Waals surface area contributed by atoms with Gasteiger partial charge in [-0.2, -0.15) is 4.98 Å². The van der Waals surface area contributed by atoms with Gasteiger partial charge >= 0.3 is 6.09 Å². The Morgan fingerprint density at radius 3 is 2.65 bits per heavy atom. The van der Waals surface area contributed by atoms with Crippen LogP contribution in [-0.2, 0) is 4.74 Å². The van der Waals surface area contributed by atoms with E-state index in [-0.39, 0.29) is 11.2 Å². The highest BCUT2D eigenvalue weighted by Gasteiger charge is 2.16. The van der Waals surface area contributed by atoms with E-state index in [2.05, 4.69) is 31.2 Å². The fraction of sp³-hybridized carbons (Fsp3) is 0.267. The molecule has 0 aliphatic carbocycles. The van der Waals surface area contributed by atoms with Gasteiger partial charge in [-0.1, -0.05) is 6.07 Å². The molecular weight excluding hydrogens is 386 g/mol. The molecule has 23 heavy (non-hydrogen) atoms. The molecule has 8 heteroatoms. The van der Waals surface area contributed by atoms with Crippen molar-refractivity contribution in [3.63, 3.8) is 0 Å². The normalized spacial score (nSPS) is 11.0. The molecule has 1 aromatic carbocycles. The number of anilines is 1. The average Bonchev–Trinajstić information content (AvgIpc) is 2.35. The zero-order valence-electron chi connectivity index (χ0n) is 12.8. The molecule has 0 saturated heterocycles. The SMILES string of the molecule is CC(C)(C)OC(=O)Nc1cccc(Oc2cc(Br)nc(Cl)n2)c1. The van der Waals surface area contributed by atoms with Crippen LogP contribution in [0.3, 0.4) is 0 Å². The molecule has 1 N–H and O–H groups in total. The number of benzene rings is 1. The van der Waals surface area contributed by atoms with E-state index in [0.29, 0.717) is 16.0 Å². The fourth-order valence-electron chi connectivity index (χ4n) is 1.60. The van der Waals surface area contributed by atoms with E-state index in [9.17, 15) is 4.79 Å². The van der Waals surface area contributed by atoms with Crippen LogP contribution in [0.25, 0.3) is 0 Å². The van der Waals surface area contributed by atoms with Crippen molar-refractivity contribution in [2.45, 2.75) is 26.4 Å². The van der Waals surface area contributed by atoms with Crippen molar-refractivity contribution in [2.24, 2.45) is 0 Å². The highest BCUT2D eigenvalue weighted by molar-refractivity contribution is 9.10. The van der Waals surface area contributed by atoms with Crippen molar-refractivity contribution >= 4 is 39.3 Å². The molecular formula is C15H15BrClN3O3. The lowest BCUT2D eigenvalue weighted by Gasteiger charge is -2.19. The lowest BCUT2D eigenvalue weighted by atomic mass is 10.2. The first-order valence-corrected chi connectivity index (χ1v) is 7.86. The predicted molar refractivity (Wildman–Crippen MR) is 91.1 cm³/mol. The highest BCUT2D eigenvalue weighted by atomic mass is 79.9. The van der Waals surface area contributed by atoms with E-state index in [4.69, 9.17) is 21.1 Å². The number of ether oxygens (including phenoxy) is 2. The third kappa shape index (κ3) is 6.03. The number of hydrogen-bond donors (Lipinski definition) is 1. The van der Waals surface area contributed by atoms with Crippen molar-refractivity contribution < 1.29 is 14.3 Å². The van der Waals surface area contributed by atoms with Crippen LogP contribution in [0.15, 0.2) is 34.9 Å². The second-order valence-electron chi connectivity index (χ2n) is 5.55. The third-order valence-electron chi connectivity index (χ3n) is 2.35. The summed E-state index contributed by atoms with van der Waals surface area (Å²) in [5.41, 5.74) is -0.0293. The summed E-state index contributed by atoms with van der Waals surface area (Å²) in [4.78, 5) is 19.6. The Balaban J connectivity index is 2.09. The molecule has 6 nitrogen and oxygen atoms in total. The molecule has 0 aliphatic rings. The Kier molecular flexibility index (Phi) is 5.43. The number of carbonyl (C=O) groups excluding carboxylic acids is 1. The lowest BCUT2D eigenvalue weighted by Crippen LogP contribution is -2.27. The summed E-state index contributed by atoms with van der Waals surface area (Å²) >= 11 is 8.98. The van der Waals surface area contributed by atoms with E-state index in [1.54, 1.807) is 51.1 Å². The number of nitrogens with zero attached hydrogens (tertiary/aromatic N) is 2. The van der Waals surface area contributed by atoms with E-state index in [1.165, 1.54) is 0 Å². The van der Waals surface area contributed by atoms with Gasteiger partial charge in [0, 0.05) is 17.8 Å². The summed E-state index contributed by atoms with van der Waals surface area (Å²) in [6.45, 7) is 5.38. The summed E-state index contributed by atoms with van der Waals surface area (Å²) in [7, 11) is 0. The quantitative estimate of drug-likeness (QED) is 0.577. The van der Waals surface area contributed by atoms with Crippen molar-refractivity contribution in [2.75, 3.05) is 5.32 Å². The van der Waals surface area contributed by atoms with E-state index in [0.717, 1.165) is 0 Å². The van der Waals surface area contributed by atoms with Crippen LogP contribution >= 0.6 is 27.5 Å². The van der Waals surface area contributed by atoms with Crippen LogP contribution in [0.5, 0.6) is 11.6 Å². The number of halogens is 2. The second-order valence-corrected chi connectivity index (χ2v) is 6.71. The van der Waals surface area contributed by atoms with Gasteiger partial charge in [-0.05, 0) is 60.4 Å². The van der Waals surface area contributed by atoms with Gasteiger partial charge in [-0.3, -0.25) is 5.32 Å². The zero-order chi connectivity index (χ0) is 17.0. The summed E-state index contributed by atoms with van der Waals surface area (Å²) in [6.07, 6.45) is -0.539. The largest absolute Gasteiger partial charge is 0.444 e. The van der Waals surface area contributed by atoms with Gasteiger partial charge in [-0.25, -0.2) is 9.78 Å². The van der Waals surface area contributed by atoms with Gasteiger partial charge in [0.1, 0.15) is 16.0 Å². The van der Waals surface area contributed by atoms with Crippen LogP contribution in [-0.4, -0.2) is 21.7 Å². The van der Waals surface area contributed by atoms with Gasteiger partial charge < -0.3 is 9.47 Å². The molecule has 0 fully saturated rings. The first-order valence-electron chi connectivity index (χ1n) is 6.69. The maximum atomic E-state index is 11.8. The van der Waals surface area contributed by atoms with E-state index in [1.807, 2.05) is 0 Å². The molecule has 122 valence electrons. The minimum atomic E-state index is -0.567. The Hall–Kier alpha value is -1.86. The number of nitrogens with one attached hydrogen (secondary N) is 1. The molecule has 1 heterocycles. The predicted octanol–water partition coefficient (Wildman–Crippen LogP) is 5.03. The van der Waals surface area contributed by atoms with Crippen LogP contribution in [0.1, 0.15) is 20.8 Å². The maximum absolute atomic E-state index is 11.8. The Morgan fingerprint density at radius 2 is 2.00 bits per heavy atom. The summed E-state index contributed by atoms with van der Waals surface area (Å²) < 4.78 is 11.3. The minimum absolute atomic E-state index is 0.0670. The Morgan fingerprint density at radius 1 is 1.26 bits per heavy atom. The number of carbonyl (C=O) groups is 1. The number of hydrogen-bond acceptors (Lipinski definition) is 5. The molecule has 0 unspecified atom stereocenters. The van der Waals surface area contributed by atoms with Gasteiger partial charge in [0.15, 0.2) is 0 Å². The fourth-order valence-corrected chi connectivity index (χ4v) is 2.24. The van der Waals surface area contributed by atoms with Gasteiger partial charge in [-0.15, -0.1) is 0 Å². The summed E-state index contributed by atoms with van der Waals surface area (Å²) in [5.74, 6) is 0.770. The number of amides is 1. The summed E-state index contributed by atoms with van der Waals surface area (Å²) in [6, 6.07) is 8.41. The monoisotopic (exact) mass is 399 g/mol. The van der Waals surface area contributed by atoms with Gasteiger partial charge in [0.05, 0.1) is 0 Å². The highest BCUT2D eigenvalue weighted by Crippen LogP contribution is 2.25. The van der Waals surface area contributed by atoms with Crippen molar-refractivity contribution in [1.82, 2.24) is 9.97 Å². The Labute approximate surface area is 147 Å². The molecule has 2 aromatic rings. The molecule has 0 aliphatic heterocycles. The molecule has 0 spiro atoms. The molecule has 0 saturated carbocycles. The van der Waals surface area contributed by atoms with E-state index < -0.39 is 11.7 Å². The molecule has 2 rings (SSSR count). The van der Waals surface area contributed by atoms with Gasteiger partial charge in [0.2, 0.25) is 11.2 Å². The number of rotatable bonds is 3. The average molecular weight is 401 g/mol. The van der Waals surface area contributed by atoms with Crippen LogP contribution in [0.4, 0.5) is 10.5 Å². The van der Waals surface area contributed by atoms with E-state index >= 15 is 0 Å². The molecule has 0 atom stereocenters. The minimum Gasteiger partial charge on any atom is -0.444 e. The first-order chi connectivity index (χ1) is 10.7. The lowest BCUT2D eigenvalue weighted by molar-refractivity contribution is 0.0636. The zero-order valence-corrected chi connectivity index (χ0v) is 15.1. The smallest absolute Gasteiger partial charge is 0.412 e. The number of aromatic nitrogens is 2. The summed E-state index contributed by atoms with van der Waals surface area (Å²) in [5, 5.41) is 2.71. The Bertz CT molecular complexity index is 699. The van der Waals surface area contributed by atoms with Gasteiger partial charge in [0.25, 0.3) is 0 Å². The van der Waals surface area contributed by atoms with Crippen molar-refractivity contribution in [1.29, 1.82) is 0 Å². The van der Waals surface area contributed by atoms with Crippen LogP contribution < -0.4 is 10.1 Å². The third-order valence-corrected chi connectivity index (χ3v) is 2.92. The topological polar surface area (TPSA) is 73.3 Å². The second kappa shape index (κ2) is 7.14. The molecule has 0 radical (unpaired) electrons. The molecule has 1 aromatic heterocycles. The van der Waals surface area contributed by atoms with Crippen LogP contribution in [0, 0.1) is 0 Å². The van der Waals surface area contributed by atoms with Crippen molar-refractivity contribution in [3.05, 3.63) is 40.2 Å². The standard InChI is InChI=1S/C15H15BrClN3O3/c1-15(2,3)23-14(21)18-9-5-4-6-10(7-9)22-12-8-11(16)19-13(17)20-12/h4-8H,1-3H3,(H,18,21). The maximum Gasteiger partial charge on any atom is 0.412 e. The molecule has 1 amide bonds.